The molecule has 1 aromatic carbocycles. The van der Waals surface area contributed by atoms with Crippen molar-refractivity contribution in [3.8, 4) is 0 Å². The van der Waals surface area contributed by atoms with E-state index in [9.17, 15) is 0 Å². The number of benzene rings is 1. The van der Waals surface area contributed by atoms with Crippen molar-refractivity contribution in [3.05, 3.63) is 47.5 Å². The summed E-state index contributed by atoms with van der Waals surface area (Å²) >= 11 is 0. The van der Waals surface area contributed by atoms with Crippen LogP contribution in [0.2, 0.25) is 0 Å². The first-order chi connectivity index (χ1) is 12.2. The van der Waals surface area contributed by atoms with Crippen LogP contribution >= 0.6 is 24.0 Å². The van der Waals surface area contributed by atoms with E-state index in [1.54, 1.807) is 0 Å². The number of nitrogens with zero attached hydrogens (tertiary/aromatic N) is 2. The molecule has 1 atom stereocenters. The molecular weight excluding hydrogens is 435 g/mol. The molecule has 2 N–H and O–H groups in total. The highest BCUT2D eigenvalue weighted by atomic mass is 127. The zero-order valence-corrected chi connectivity index (χ0v) is 18.4. The summed E-state index contributed by atoms with van der Waals surface area (Å²) < 4.78 is 0. The van der Waals surface area contributed by atoms with Gasteiger partial charge >= 0.3 is 0 Å². The molecule has 1 saturated heterocycles. The lowest BCUT2D eigenvalue weighted by Gasteiger charge is -2.31. The van der Waals surface area contributed by atoms with E-state index in [0.29, 0.717) is 6.04 Å². The predicted octanol–water partition coefficient (Wildman–Crippen LogP) is 3.92. The fraction of sp³-hybridized carbons (Fsp3) is 0.571. The predicted molar refractivity (Wildman–Crippen MR) is 121 cm³/mol. The molecule has 0 amide bonds. The van der Waals surface area contributed by atoms with E-state index in [4.69, 9.17) is 0 Å². The number of rotatable bonds is 5. The SMILES string of the molecule is CN=C(NCc1ccccc1CN1CCCC(C)C1)NC1CC=CC1.I. The van der Waals surface area contributed by atoms with Crippen LogP contribution in [0.15, 0.2) is 41.4 Å². The summed E-state index contributed by atoms with van der Waals surface area (Å²) in [6.45, 7) is 6.69. The van der Waals surface area contributed by atoms with Crippen LogP contribution in [-0.4, -0.2) is 37.0 Å². The van der Waals surface area contributed by atoms with Crippen molar-refractivity contribution in [1.82, 2.24) is 15.5 Å². The van der Waals surface area contributed by atoms with E-state index in [-0.39, 0.29) is 24.0 Å². The molecule has 5 heteroatoms. The van der Waals surface area contributed by atoms with Gasteiger partial charge in [0.25, 0.3) is 0 Å². The number of hydrogen-bond donors (Lipinski definition) is 2. The zero-order valence-electron chi connectivity index (χ0n) is 16.1. The lowest BCUT2D eigenvalue weighted by molar-refractivity contribution is 0.176. The summed E-state index contributed by atoms with van der Waals surface area (Å²) in [4.78, 5) is 6.98. The lowest BCUT2D eigenvalue weighted by Crippen LogP contribution is -2.42. The maximum atomic E-state index is 4.38. The summed E-state index contributed by atoms with van der Waals surface area (Å²) in [5, 5.41) is 7.00. The number of guanidine groups is 1. The van der Waals surface area contributed by atoms with Gasteiger partial charge in [-0.15, -0.1) is 24.0 Å². The maximum absolute atomic E-state index is 4.38. The molecule has 0 saturated carbocycles. The van der Waals surface area contributed by atoms with Gasteiger partial charge in [0.15, 0.2) is 5.96 Å². The van der Waals surface area contributed by atoms with Gasteiger partial charge in [-0.05, 0) is 49.3 Å². The number of likely N-dealkylation sites (tertiary alicyclic amines) is 1. The fourth-order valence-electron chi connectivity index (χ4n) is 3.86. The second-order valence-electron chi connectivity index (χ2n) is 7.46. The molecule has 1 aliphatic heterocycles. The molecule has 144 valence electrons. The molecule has 4 nitrogen and oxygen atoms in total. The van der Waals surface area contributed by atoms with E-state index >= 15 is 0 Å². The van der Waals surface area contributed by atoms with Crippen LogP contribution in [0.4, 0.5) is 0 Å². The van der Waals surface area contributed by atoms with Gasteiger partial charge in [0, 0.05) is 32.7 Å². The van der Waals surface area contributed by atoms with Crippen LogP contribution in [0.1, 0.15) is 43.7 Å². The van der Waals surface area contributed by atoms with Crippen molar-refractivity contribution < 1.29 is 0 Å². The highest BCUT2D eigenvalue weighted by Gasteiger charge is 2.17. The maximum Gasteiger partial charge on any atom is 0.191 e. The first kappa shape index (κ1) is 21.2. The Morgan fingerprint density at radius 3 is 2.62 bits per heavy atom. The van der Waals surface area contributed by atoms with Crippen molar-refractivity contribution in [2.45, 2.75) is 51.7 Å². The van der Waals surface area contributed by atoms with Crippen LogP contribution in [0.3, 0.4) is 0 Å². The highest BCUT2D eigenvalue weighted by molar-refractivity contribution is 14.0. The van der Waals surface area contributed by atoms with Gasteiger partial charge < -0.3 is 10.6 Å². The molecule has 26 heavy (non-hydrogen) atoms. The number of halogens is 1. The highest BCUT2D eigenvalue weighted by Crippen LogP contribution is 2.19. The van der Waals surface area contributed by atoms with Gasteiger partial charge in [0.2, 0.25) is 0 Å². The van der Waals surface area contributed by atoms with Crippen LogP contribution in [0, 0.1) is 5.92 Å². The Kier molecular flexibility index (Phi) is 8.91. The van der Waals surface area contributed by atoms with Crippen LogP contribution in [0.25, 0.3) is 0 Å². The first-order valence-electron chi connectivity index (χ1n) is 9.66. The molecule has 1 unspecified atom stereocenters. The normalized spacial score (nSPS) is 21.5. The van der Waals surface area contributed by atoms with Gasteiger partial charge in [-0.1, -0.05) is 43.3 Å². The van der Waals surface area contributed by atoms with Crippen molar-refractivity contribution in [1.29, 1.82) is 0 Å². The number of nitrogens with one attached hydrogen (secondary N) is 2. The minimum Gasteiger partial charge on any atom is -0.353 e. The van der Waals surface area contributed by atoms with Crippen molar-refractivity contribution in [2.24, 2.45) is 10.9 Å². The molecule has 2 aliphatic rings. The average molecular weight is 468 g/mol. The minimum absolute atomic E-state index is 0. The van der Waals surface area contributed by atoms with E-state index in [0.717, 1.165) is 37.8 Å². The van der Waals surface area contributed by atoms with Crippen LogP contribution < -0.4 is 10.6 Å². The molecule has 1 aromatic rings. The topological polar surface area (TPSA) is 39.7 Å². The average Bonchev–Trinajstić information content (AvgIpc) is 3.13. The Balaban J connectivity index is 0.00000243. The lowest BCUT2D eigenvalue weighted by atomic mass is 9.99. The van der Waals surface area contributed by atoms with Gasteiger partial charge in [-0.2, -0.15) is 0 Å². The Bertz CT molecular complexity index is 606. The van der Waals surface area contributed by atoms with E-state index < -0.39 is 0 Å². The summed E-state index contributed by atoms with van der Waals surface area (Å²) in [6, 6.07) is 9.28. The van der Waals surface area contributed by atoms with Crippen molar-refractivity contribution >= 4 is 29.9 Å². The molecule has 0 aromatic heterocycles. The third-order valence-corrected chi connectivity index (χ3v) is 5.27. The largest absolute Gasteiger partial charge is 0.353 e. The third-order valence-electron chi connectivity index (χ3n) is 5.27. The standard InChI is InChI=1S/C21H32N4.HI/c1-17-8-7-13-25(15-17)16-19-10-4-3-9-18(19)14-23-21(22-2)24-20-11-5-6-12-20;/h3-6,9-10,17,20H,7-8,11-16H2,1-2H3,(H2,22,23,24);1H. The second kappa shape index (κ2) is 10.9. The third kappa shape index (κ3) is 6.27. The Morgan fingerprint density at radius 2 is 1.92 bits per heavy atom. The monoisotopic (exact) mass is 468 g/mol. The summed E-state index contributed by atoms with van der Waals surface area (Å²) in [6.07, 6.45) is 9.35. The fourth-order valence-corrected chi connectivity index (χ4v) is 3.86. The molecule has 0 bridgehead atoms. The number of aliphatic imine (C=N–C) groups is 1. The number of hydrogen-bond acceptors (Lipinski definition) is 2. The Labute approximate surface area is 175 Å². The summed E-state index contributed by atoms with van der Waals surface area (Å²) in [5.41, 5.74) is 2.80. The van der Waals surface area contributed by atoms with E-state index in [1.165, 1.54) is 37.1 Å². The van der Waals surface area contributed by atoms with E-state index in [1.807, 2.05) is 7.05 Å². The summed E-state index contributed by atoms with van der Waals surface area (Å²) in [7, 11) is 1.85. The van der Waals surface area contributed by atoms with Crippen molar-refractivity contribution in [3.63, 3.8) is 0 Å². The van der Waals surface area contributed by atoms with Gasteiger partial charge in [-0.3, -0.25) is 9.89 Å². The van der Waals surface area contributed by atoms with Crippen LogP contribution in [0.5, 0.6) is 0 Å². The smallest absolute Gasteiger partial charge is 0.191 e. The van der Waals surface area contributed by atoms with Gasteiger partial charge in [0.05, 0.1) is 0 Å². The molecule has 1 aliphatic carbocycles. The molecular formula is C21H33IN4. The zero-order chi connectivity index (χ0) is 17.5. The van der Waals surface area contributed by atoms with Gasteiger partial charge in [-0.25, -0.2) is 0 Å². The first-order valence-corrected chi connectivity index (χ1v) is 9.66. The summed E-state index contributed by atoms with van der Waals surface area (Å²) in [5.74, 6) is 1.72. The molecule has 0 spiro atoms. The molecule has 1 heterocycles. The minimum atomic E-state index is 0. The van der Waals surface area contributed by atoms with E-state index in [2.05, 4.69) is 63.9 Å². The number of piperidine rings is 1. The van der Waals surface area contributed by atoms with Gasteiger partial charge in [0.1, 0.15) is 0 Å². The Morgan fingerprint density at radius 1 is 1.19 bits per heavy atom. The quantitative estimate of drug-likeness (QED) is 0.298. The van der Waals surface area contributed by atoms with Crippen molar-refractivity contribution in [2.75, 3.05) is 20.1 Å². The molecule has 0 radical (unpaired) electrons. The second-order valence-corrected chi connectivity index (χ2v) is 7.46. The molecule has 1 fully saturated rings. The van der Waals surface area contributed by atoms with Crippen LogP contribution in [-0.2, 0) is 13.1 Å². The molecule has 3 rings (SSSR count). The Hall–Kier alpha value is -1.08.